The molecule has 2 unspecified atom stereocenters. The maximum absolute atomic E-state index is 9.44. The van der Waals surface area contributed by atoms with E-state index < -0.39 is 33.0 Å². The molecule has 2 atom stereocenters. The van der Waals surface area contributed by atoms with Crippen molar-refractivity contribution >= 4 is 33.0 Å². The van der Waals surface area contributed by atoms with Crippen molar-refractivity contribution < 1.29 is 51.9 Å². The molecule has 0 aromatic carbocycles. The maximum atomic E-state index is 9.44. The molecule has 0 saturated heterocycles. The Morgan fingerprint density at radius 1 is 0.600 bits per heavy atom. The van der Waals surface area contributed by atoms with E-state index in [0.717, 1.165) is 0 Å². The molecule has 0 aromatic rings. The molecule has 11 nitrogen and oxygen atoms in total. The van der Waals surface area contributed by atoms with Gasteiger partial charge in [0, 0.05) is 0 Å². The van der Waals surface area contributed by atoms with Crippen LogP contribution in [0.3, 0.4) is 0 Å². The van der Waals surface area contributed by atoms with E-state index >= 15 is 0 Å². The van der Waals surface area contributed by atoms with E-state index in [0.29, 0.717) is 0 Å². The van der Waals surface area contributed by atoms with Crippen LogP contribution in [0.15, 0.2) is 0 Å². The SMILES string of the molecule is O=[PH](O)O.O=[PH](O)O.O=[PH](O)O[PH](=O)O. The summed E-state index contributed by atoms with van der Waals surface area (Å²) in [7, 11) is -12.7. The number of rotatable bonds is 2. The van der Waals surface area contributed by atoms with E-state index in [4.69, 9.17) is 38.5 Å². The van der Waals surface area contributed by atoms with Crippen molar-refractivity contribution in [1.82, 2.24) is 0 Å². The summed E-state index contributed by atoms with van der Waals surface area (Å²) >= 11 is 0. The lowest BCUT2D eigenvalue weighted by molar-refractivity contribution is 0.371. The lowest BCUT2D eigenvalue weighted by Gasteiger charge is -1.86. The summed E-state index contributed by atoms with van der Waals surface area (Å²) in [6.07, 6.45) is 0. The Morgan fingerprint density at radius 3 is 0.733 bits per heavy atom. The second-order valence-corrected chi connectivity index (χ2v) is 4.21. The van der Waals surface area contributed by atoms with Crippen LogP contribution in [0, 0.1) is 0 Å². The van der Waals surface area contributed by atoms with Crippen LogP contribution in [0.2, 0.25) is 0 Å². The zero-order valence-electron chi connectivity index (χ0n) is 6.72. The highest BCUT2D eigenvalue weighted by atomic mass is 31.2. The number of hydrogen-bond acceptors (Lipinski definition) is 5. The average molecular weight is 310 g/mol. The predicted octanol–water partition coefficient (Wildman–Crippen LogP) is -1.51. The molecule has 15 heavy (non-hydrogen) atoms. The Balaban J connectivity index is -0.000000155. The molecule has 96 valence electrons. The Morgan fingerprint density at radius 2 is 0.733 bits per heavy atom. The van der Waals surface area contributed by atoms with Crippen molar-refractivity contribution in [2.24, 2.45) is 0 Å². The fourth-order valence-electron chi connectivity index (χ4n) is 0.0747. The lowest BCUT2D eigenvalue weighted by atomic mass is 15.8. The quantitative estimate of drug-likeness (QED) is 0.324. The Hall–Kier alpha value is 0.640. The monoisotopic (exact) mass is 310 g/mol. The van der Waals surface area contributed by atoms with Crippen molar-refractivity contribution in [2.75, 3.05) is 0 Å². The summed E-state index contributed by atoms with van der Waals surface area (Å²) in [5.41, 5.74) is 0. The Bertz CT molecular complexity index is 197. The van der Waals surface area contributed by atoms with Crippen molar-refractivity contribution in [1.29, 1.82) is 0 Å². The molecule has 0 saturated carbocycles. The Kier molecular flexibility index (Phi) is 20.5. The van der Waals surface area contributed by atoms with Gasteiger partial charge in [0.1, 0.15) is 0 Å². The molecule has 0 aromatic heterocycles. The summed E-state index contributed by atoms with van der Waals surface area (Å²) in [6, 6.07) is 0. The van der Waals surface area contributed by atoms with E-state index in [1.54, 1.807) is 0 Å². The van der Waals surface area contributed by atoms with Gasteiger partial charge in [0.15, 0.2) is 0 Å². The van der Waals surface area contributed by atoms with Gasteiger partial charge in [0.05, 0.1) is 0 Å². The van der Waals surface area contributed by atoms with Crippen LogP contribution in [0.1, 0.15) is 0 Å². The van der Waals surface area contributed by atoms with Crippen LogP contribution >= 0.6 is 33.0 Å². The minimum atomic E-state index is -3.20. The largest absolute Gasteiger partial charge is 0.326 e. The van der Waals surface area contributed by atoms with E-state index in [1.807, 2.05) is 0 Å². The van der Waals surface area contributed by atoms with Crippen molar-refractivity contribution in [3.63, 3.8) is 0 Å². The third kappa shape index (κ3) is 109. The van der Waals surface area contributed by atoms with Gasteiger partial charge in [0.2, 0.25) is 0 Å². The molecule has 0 amide bonds. The molecule has 6 N–H and O–H groups in total. The highest BCUT2D eigenvalue weighted by Gasteiger charge is 1.93. The minimum Gasteiger partial charge on any atom is -0.326 e. The molecule has 15 heteroatoms. The van der Waals surface area contributed by atoms with E-state index in [2.05, 4.69) is 4.31 Å². The minimum absolute atomic E-state index is 3.13. The lowest BCUT2D eigenvalue weighted by Crippen LogP contribution is -1.58. The second kappa shape index (κ2) is 14.6. The average Bonchev–Trinajstić information content (AvgIpc) is 1.78. The van der Waals surface area contributed by atoms with Gasteiger partial charge in [-0.05, 0) is 0 Å². The van der Waals surface area contributed by atoms with Crippen LogP contribution < -0.4 is 0 Å². The van der Waals surface area contributed by atoms with Gasteiger partial charge < -0.3 is 29.4 Å². The molecule has 0 rings (SSSR count). The van der Waals surface area contributed by atoms with E-state index in [-0.39, 0.29) is 0 Å². The normalized spacial score (nSPS) is 13.3. The van der Waals surface area contributed by atoms with Crippen LogP contribution in [0.4, 0.5) is 0 Å². The fraction of sp³-hybridized carbons (Fsp3) is 0. The van der Waals surface area contributed by atoms with Gasteiger partial charge in [-0.3, -0.25) is 18.3 Å². The highest BCUT2D eigenvalue weighted by molar-refractivity contribution is 7.46. The van der Waals surface area contributed by atoms with Gasteiger partial charge in [-0.15, -0.1) is 0 Å². The van der Waals surface area contributed by atoms with Crippen molar-refractivity contribution in [2.45, 2.75) is 0 Å². The third-order valence-electron chi connectivity index (χ3n) is 0.175. The topological polar surface area (TPSA) is 199 Å². The highest BCUT2D eigenvalue weighted by Crippen LogP contribution is 2.30. The zero-order chi connectivity index (χ0) is 13.0. The third-order valence-corrected chi connectivity index (χ3v) is 1.57. The summed E-state index contributed by atoms with van der Waals surface area (Å²) in [5.74, 6) is 0. The molecule has 0 spiro atoms. The molecular weight excluding hydrogens is 300 g/mol. The van der Waals surface area contributed by atoms with Crippen LogP contribution in [-0.4, -0.2) is 29.4 Å². The van der Waals surface area contributed by atoms with Crippen LogP contribution in [-0.2, 0) is 22.6 Å². The molecule has 0 fully saturated rings. The Labute approximate surface area is 85.8 Å². The molecule has 0 bridgehead atoms. The van der Waals surface area contributed by atoms with Gasteiger partial charge in [-0.2, -0.15) is 0 Å². The van der Waals surface area contributed by atoms with Crippen LogP contribution in [0.25, 0.3) is 0 Å². The van der Waals surface area contributed by atoms with Gasteiger partial charge >= 0.3 is 33.0 Å². The molecule has 0 aliphatic heterocycles. The van der Waals surface area contributed by atoms with Crippen molar-refractivity contribution in [3.8, 4) is 0 Å². The second-order valence-electron chi connectivity index (χ2n) is 1.20. The smallest absolute Gasteiger partial charge is 0.323 e. The first-order chi connectivity index (χ1) is 6.59. The first-order valence-corrected chi connectivity index (χ1v) is 7.70. The zero-order valence-corrected chi connectivity index (χ0v) is 10.7. The summed E-state index contributed by atoms with van der Waals surface area (Å²) in [5, 5.41) is 0. The summed E-state index contributed by atoms with van der Waals surface area (Å²) < 4.78 is 39.8. The summed E-state index contributed by atoms with van der Waals surface area (Å²) in [4.78, 5) is 44.1. The maximum Gasteiger partial charge on any atom is 0.323 e. The van der Waals surface area contributed by atoms with E-state index in [1.165, 1.54) is 0 Å². The molecule has 0 aliphatic carbocycles. The van der Waals surface area contributed by atoms with Gasteiger partial charge in [-0.25, -0.2) is 4.31 Å². The molecule has 0 heterocycles. The predicted molar refractivity (Wildman–Crippen MR) is 50.4 cm³/mol. The standard InChI is InChI=1S/H4O5P2.2H3O3P/c1-6(2)5-7(3)4;2*1-4(2)3/h6-7H,(H,1,2)(H,3,4);2*4H,(H2,1,2,3). The fourth-order valence-corrected chi connectivity index (χ4v) is 0.672. The molecule has 0 aliphatic rings. The first-order valence-electron chi connectivity index (χ1n) is 2.57. The summed E-state index contributed by atoms with van der Waals surface area (Å²) in [6.45, 7) is 0. The van der Waals surface area contributed by atoms with E-state index in [9.17, 15) is 9.13 Å². The van der Waals surface area contributed by atoms with Gasteiger partial charge in [-0.1, -0.05) is 0 Å². The van der Waals surface area contributed by atoms with Gasteiger partial charge in [0.25, 0.3) is 0 Å². The van der Waals surface area contributed by atoms with Crippen molar-refractivity contribution in [3.05, 3.63) is 0 Å². The molecular formula is H10O11P4. The molecule has 0 radical (unpaired) electrons. The number of hydrogen-bond donors (Lipinski definition) is 6. The van der Waals surface area contributed by atoms with Crippen LogP contribution in [0.5, 0.6) is 0 Å². The first kappa shape index (κ1) is 21.0.